The molecule has 3 atom stereocenters. The van der Waals surface area contributed by atoms with E-state index in [4.69, 9.17) is 9.15 Å². The normalized spacial score (nSPS) is 23.0. The van der Waals surface area contributed by atoms with E-state index in [1.54, 1.807) is 13.2 Å². The van der Waals surface area contributed by atoms with E-state index in [0.29, 0.717) is 12.2 Å². The summed E-state index contributed by atoms with van der Waals surface area (Å²) >= 11 is 3.80. The minimum absolute atomic E-state index is 0.00398. The fourth-order valence-corrected chi connectivity index (χ4v) is 4.97. The highest BCUT2D eigenvalue weighted by molar-refractivity contribution is 9.11. The van der Waals surface area contributed by atoms with Gasteiger partial charge in [-0.2, -0.15) is 5.01 Å². The SMILES string of the molecule is COc1ccc(C2CC(c3ccc(C(=O)O)o3)NC3C(Br)=C(c4ccccc4)NN32)cc1. The van der Waals surface area contributed by atoms with E-state index in [2.05, 4.69) is 55.9 Å². The third-order valence-corrected chi connectivity index (χ3v) is 6.73. The number of nitrogens with one attached hydrogen (secondary N) is 2. The first-order valence-corrected chi connectivity index (χ1v) is 11.1. The Hall–Kier alpha value is -3.07. The van der Waals surface area contributed by atoms with Crippen LogP contribution in [-0.2, 0) is 0 Å². The molecule has 7 nitrogen and oxygen atoms in total. The molecule has 3 unspecified atom stereocenters. The van der Waals surface area contributed by atoms with E-state index in [9.17, 15) is 9.90 Å². The molecular formula is C24H22BrN3O4. The summed E-state index contributed by atoms with van der Waals surface area (Å²) in [6.45, 7) is 0. The molecule has 1 aromatic heterocycles. The molecule has 164 valence electrons. The molecule has 0 spiro atoms. The van der Waals surface area contributed by atoms with Crippen molar-refractivity contribution in [3.63, 3.8) is 0 Å². The molecule has 3 aromatic rings. The molecule has 2 aliphatic rings. The summed E-state index contributed by atoms with van der Waals surface area (Å²) < 4.78 is 12.0. The lowest BCUT2D eigenvalue weighted by Crippen LogP contribution is -2.54. The van der Waals surface area contributed by atoms with Gasteiger partial charge in [0, 0.05) is 0 Å². The van der Waals surface area contributed by atoms with Gasteiger partial charge in [-0.15, -0.1) is 0 Å². The highest BCUT2D eigenvalue weighted by Gasteiger charge is 2.44. The van der Waals surface area contributed by atoms with Crippen LogP contribution in [0.4, 0.5) is 0 Å². The number of hydrazine groups is 1. The summed E-state index contributed by atoms with van der Waals surface area (Å²) in [4.78, 5) is 11.3. The standard InChI is InChI=1S/C24H22BrN3O4/c1-31-16-9-7-14(8-10-16)18-13-17(19-11-12-20(32-19)24(29)30)26-23-21(25)22(27-28(18)23)15-5-3-2-4-6-15/h2-12,17-18,23,26-27H,13H2,1H3,(H,29,30). The van der Waals surface area contributed by atoms with Gasteiger partial charge in [0.15, 0.2) is 0 Å². The number of aromatic carboxylic acids is 1. The Morgan fingerprint density at radius 3 is 2.53 bits per heavy atom. The zero-order valence-corrected chi connectivity index (χ0v) is 18.9. The van der Waals surface area contributed by atoms with Gasteiger partial charge >= 0.3 is 5.97 Å². The Morgan fingerprint density at radius 1 is 1.12 bits per heavy atom. The number of carboxylic acids is 1. The zero-order chi connectivity index (χ0) is 22.2. The number of fused-ring (bicyclic) bond motifs is 1. The van der Waals surface area contributed by atoms with Crippen LogP contribution < -0.4 is 15.5 Å². The molecule has 5 rings (SSSR count). The number of carbonyl (C=O) groups is 1. The number of hydrogen-bond donors (Lipinski definition) is 3. The quantitative estimate of drug-likeness (QED) is 0.473. The Bertz CT molecular complexity index is 1160. The number of halogens is 1. The summed E-state index contributed by atoms with van der Waals surface area (Å²) in [5, 5.41) is 15.1. The van der Waals surface area contributed by atoms with Gasteiger partial charge in [-0.05, 0) is 41.8 Å². The van der Waals surface area contributed by atoms with Crippen molar-refractivity contribution in [3.05, 3.63) is 93.9 Å². The summed E-state index contributed by atoms with van der Waals surface area (Å²) in [7, 11) is 1.65. The lowest BCUT2D eigenvalue weighted by molar-refractivity contribution is 0.0453. The maximum atomic E-state index is 11.3. The van der Waals surface area contributed by atoms with Crippen LogP contribution in [0.2, 0.25) is 0 Å². The smallest absolute Gasteiger partial charge is 0.371 e. The molecule has 1 saturated heterocycles. The van der Waals surface area contributed by atoms with E-state index >= 15 is 0 Å². The number of nitrogens with zero attached hydrogens (tertiary/aromatic N) is 1. The van der Waals surface area contributed by atoms with Crippen LogP contribution in [0.25, 0.3) is 5.70 Å². The number of carboxylic acid groups (broad SMARTS) is 1. The number of benzene rings is 2. The van der Waals surface area contributed by atoms with Gasteiger partial charge in [-0.1, -0.05) is 58.4 Å². The lowest BCUT2D eigenvalue weighted by atomic mass is 9.94. The van der Waals surface area contributed by atoms with Crippen molar-refractivity contribution in [1.29, 1.82) is 0 Å². The molecule has 0 saturated carbocycles. The van der Waals surface area contributed by atoms with Crippen LogP contribution in [0.5, 0.6) is 5.75 Å². The van der Waals surface area contributed by atoms with E-state index in [1.807, 2.05) is 30.3 Å². The van der Waals surface area contributed by atoms with Crippen LogP contribution in [0.15, 0.2) is 75.6 Å². The Kier molecular flexibility index (Phi) is 5.50. The highest BCUT2D eigenvalue weighted by Crippen LogP contribution is 2.44. The first-order valence-electron chi connectivity index (χ1n) is 10.3. The molecular weight excluding hydrogens is 474 g/mol. The van der Waals surface area contributed by atoms with Crippen LogP contribution in [0, 0.1) is 0 Å². The average molecular weight is 496 g/mol. The van der Waals surface area contributed by atoms with Gasteiger partial charge in [0.1, 0.15) is 17.7 Å². The van der Waals surface area contributed by atoms with Crippen molar-refractivity contribution < 1.29 is 19.1 Å². The molecule has 0 amide bonds. The van der Waals surface area contributed by atoms with Crippen LogP contribution in [0.1, 0.15) is 45.9 Å². The second-order valence-corrected chi connectivity index (χ2v) is 8.62. The van der Waals surface area contributed by atoms with E-state index < -0.39 is 5.97 Å². The van der Waals surface area contributed by atoms with Crippen molar-refractivity contribution in [3.8, 4) is 5.75 Å². The molecule has 8 heteroatoms. The zero-order valence-electron chi connectivity index (χ0n) is 17.3. The molecule has 2 aromatic carbocycles. The first kappa shape index (κ1) is 20.8. The van der Waals surface area contributed by atoms with Crippen LogP contribution >= 0.6 is 15.9 Å². The monoisotopic (exact) mass is 495 g/mol. The molecule has 3 N–H and O–H groups in total. The fraction of sp³-hybridized carbons (Fsp3) is 0.208. The topological polar surface area (TPSA) is 87.0 Å². The summed E-state index contributed by atoms with van der Waals surface area (Å²) in [5.41, 5.74) is 6.77. The minimum Gasteiger partial charge on any atom is -0.497 e. The molecule has 3 heterocycles. The molecule has 32 heavy (non-hydrogen) atoms. The maximum absolute atomic E-state index is 11.3. The first-order chi connectivity index (χ1) is 15.5. The van der Waals surface area contributed by atoms with E-state index in [-0.39, 0.29) is 24.0 Å². The van der Waals surface area contributed by atoms with Gasteiger partial charge in [0.2, 0.25) is 5.76 Å². The van der Waals surface area contributed by atoms with Gasteiger partial charge < -0.3 is 19.7 Å². The molecule has 0 aliphatic carbocycles. The number of hydrogen-bond acceptors (Lipinski definition) is 6. The summed E-state index contributed by atoms with van der Waals surface area (Å²) in [5.74, 6) is 0.269. The van der Waals surface area contributed by atoms with Crippen molar-refractivity contribution in [2.24, 2.45) is 0 Å². The second-order valence-electron chi connectivity index (χ2n) is 7.76. The van der Waals surface area contributed by atoms with Gasteiger partial charge in [-0.3, -0.25) is 5.32 Å². The Labute approximate surface area is 193 Å². The molecule has 1 fully saturated rings. The third kappa shape index (κ3) is 3.70. The third-order valence-electron chi connectivity index (χ3n) is 5.90. The Balaban J connectivity index is 1.52. The number of ether oxygens (including phenoxy) is 1. The fourth-order valence-electron chi connectivity index (χ4n) is 4.30. The number of methoxy groups -OCH3 is 1. The number of rotatable bonds is 5. The van der Waals surface area contributed by atoms with Crippen molar-refractivity contribution in [2.75, 3.05) is 7.11 Å². The van der Waals surface area contributed by atoms with E-state index in [1.165, 1.54) is 6.07 Å². The van der Waals surface area contributed by atoms with Crippen molar-refractivity contribution in [2.45, 2.75) is 24.7 Å². The summed E-state index contributed by atoms with van der Waals surface area (Å²) in [6.07, 6.45) is 0.527. The summed E-state index contributed by atoms with van der Waals surface area (Å²) in [6, 6.07) is 21.2. The Morgan fingerprint density at radius 2 is 1.88 bits per heavy atom. The average Bonchev–Trinajstić information content (AvgIpc) is 3.45. The van der Waals surface area contributed by atoms with Crippen LogP contribution in [-0.4, -0.2) is 29.4 Å². The van der Waals surface area contributed by atoms with Gasteiger partial charge in [0.05, 0.1) is 29.4 Å². The lowest BCUT2D eigenvalue weighted by Gasteiger charge is -2.42. The predicted molar refractivity (Wildman–Crippen MR) is 123 cm³/mol. The van der Waals surface area contributed by atoms with Crippen molar-refractivity contribution in [1.82, 2.24) is 15.8 Å². The van der Waals surface area contributed by atoms with Crippen LogP contribution in [0.3, 0.4) is 0 Å². The highest BCUT2D eigenvalue weighted by atomic mass is 79.9. The maximum Gasteiger partial charge on any atom is 0.371 e. The molecule has 0 radical (unpaired) electrons. The number of furan rings is 1. The van der Waals surface area contributed by atoms with E-state index in [0.717, 1.165) is 27.1 Å². The minimum atomic E-state index is -1.07. The predicted octanol–water partition coefficient (Wildman–Crippen LogP) is 4.67. The largest absolute Gasteiger partial charge is 0.497 e. The van der Waals surface area contributed by atoms with Crippen molar-refractivity contribution >= 4 is 27.6 Å². The second kappa shape index (κ2) is 8.46. The molecule has 2 aliphatic heterocycles. The van der Waals surface area contributed by atoms with Gasteiger partial charge in [0.25, 0.3) is 0 Å². The van der Waals surface area contributed by atoms with Gasteiger partial charge in [-0.25, -0.2) is 4.79 Å². The molecule has 0 bridgehead atoms.